The van der Waals surface area contributed by atoms with Crippen LogP contribution in [0.4, 0.5) is 5.69 Å². The van der Waals surface area contributed by atoms with Crippen molar-refractivity contribution in [3.63, 3.8) is 0 Å². The number of nitrogens with one attached hydrogen (secondary N) is 1. The first-order valence-corrected chi connectivity index (χ1v) is 6.85. The van der Waals surface area contributed by atoms with Crippen molar-refractivity contribution in [2.45, 2.75) is 19.4 Å². The number of esters is 2. The quantitative estimate of drug-likeness (QED) is 0.361. The van der Waals surface area contributed by atoms with E-state index in [4.69, 9.17) is 16.3 Å². The number of hydrazone groups is 1. The van der Waals surface area contributed by atoms with Crippen LogP contribution in [-0.2, 0) is 14.3 Å². The lowest BCUT2D eigenvalue weighted by Crippen LogP contribution is -2.16. The van der Waals surface area contributed by atoms with Gasteiger partial charge in [0.15, 0.2) is 0 Å². The summed E-state index contributed by atoms with van der Waals surface area (Å²) in [5.74, 6) is -1.30. The SMILES string of the molecule is C=CCC(C)OC(=O)c1ccccc1N/N=C(/Cl)C(=O)OC. The molecular weight excluding hydrogens is 308 g/mol. The maximum atomic E-state index is 12.1. The third kappa shape index (κ3) is 5.21. The van der Waals surface area contributed by atoms with Gasteiger partial charge in [0.1, 0.15) is 6.10 Å². The lowest BCUT2D eigenvalue weighted by Gasteiger charge is -2.13. The van der Waals surface area contributed by atoms with Crippen molar-refractivity contribution in [1.82, 2.24) is 0 Å². The fraction of sp³-hybridized carbons (Fsp3) is 0.267. The van der Waals surface area contributed by atoms with Gasteiger partial charge in [-0.1, -0.05) is 29.8 Å². The number of carbonyl (C=O) groups excluding carboxylic acids is 2. The van der Waals surface area contributed by atoms with E-state index in [9.17, 15) is 9.59 Å². The number of para-hydroxylation sites is 1. The first-order chi connectivity index (χ1) is 10.5. The second kappa shape index (κ2) is 8.84. The van der Waals surface area contributed by atoms with Crippen molar-refractivity contribution < 1.29 is 19.1 Å². The molecule has 0 bridgehead atoms. The molecular formula is C15H17ClN2O4. The van der Waals surface area contributed by atoms with Crippen LogP contribution in [0.25, 0.3) is 0 Å². The molecule has 22 heavy (non-hydrogen) atoms. The van der Waals surface area contributed by atoms with E-state index in [0.717, 1.165) is 0 Å². The minimum Gasteiger partial charge on any atom is -0.464 e. The fourth-order valence-corrected chi connectivity index (χ4v) is 1.65. The van der Waals surface area contributed by atoms with E-state index in [1.54, 1.807) is 37.3 Å². The smallest absolute Gasteiger partial charge is 0.370 e. The van der Waals surface area contributed by atoms with Crippen LogP contribution in [0.2, 0.25) is 0 Å². The highest BCUT2D eigenvalue weighted by atomic mass is 35.5. The Kier molecular flexibility index (Phi) is 7.12. The van der Waals surface area contributed by atoms with Crippen molar-refractivity contribution in [2.75, 3.05) is 12.5 Å². The van der Waals surface area contributed by atoms with Crippen molar-refractivity contribution in [3.8, 4) is 0 Å². The van der Waals surface area contributed by atoms with E-state index in [1.807, 2.05) is 0 Å². The molecule has 0 heterocycles. The Labute approximate surface area is 133 Å². The van der Waals surface area contributed by atoms with Gasteiger partial charge in [-0.2, -0.15) is 5.10 Å². The van der Waals surface area contributed by atoms with E-state index < -0.39 is 11.9 Å². The van der Waals surface area contributed by atoms with E-state index in [0.29, 0.717) is 12.1 Å². The van der Waals surface area contributed by atoms with E-state index >= 15 is 0 Å². The molecule has 0 aliphatic carbocycles. The molecule has 1 aromatic rings. The van der Waals surface area contributed by atoms with Gasteiger partial charge in [0, 0.05) is 6.42 Å². The van der Waals surface area contributed by atoms with Gasteiger partial charge in [-0.05, 0) is 19.1 Å². The van der Waals surface area contributed by atoms with Crippen LogP contribution in [-0.4, -0.2) is 30.3 Å². The zero-order valence-corrected chi connectivity index (χ0v) is 13.1. The second-order valence-corrected chi connectivity index (χ2v) is 4.65. The molecule has 1 rings (SSSR count). The summed E-state index contributed by atoms with van der Waals surface area (Å²) in [7, 11) is 1.19. The number of anilines is 1. The van der Waals surface area contributed by atoms with Crippen LogP contribution in [0, 0.1) is 0 Å². The third-order valence-corrected chi connectivity index (χ3v) is 2.82. The van der Waals surface area contributed by atoms with Crippen LogP contribution in [0.3, 0.4) is 0 Å². The van der Waals surface area contributed by atoms with E-state index in [2.05, 4.69) is 21.8 Å². The van der Waals surface area contributed by atoms with Crippen LogP contribution < -0.4 is 5.43 Å². The maximum Gasteiger partial charge on any atom is 0.370 e. The van der Waals surface area contributed by atoms with Crippen LogP contribution in [0.1, 0.15) is 23.7 Å². The van der Waals surface area contributed by atoms with Crippen molar-refractivity contribution >= 4 is 34.4 Å². The van der Waals surface area contributed by atoms with Gasteiger partial charge in [-0.25, -0.2) is 9.59 Å². The minimum atomic E-state index is -0.783. The standard InChI is InChI=1S/C15H17ClN2O4/c1-4-7-10(2)22-14(19)11-8-5-6-9-12(11)17-18-13(16)15(20)21-3/h4-6,8-10,17H,1,7H2,2-3H3/b18-13+. The lowest BCUT2D eigenvalue weighted by molar-refractivity contribution is -0.132. The average Bonchev–Trinajstić information content (AvgIpc) is 2.52. The van der Waals surface area contributed by atoms with Crippen LogP contribution >= 0.6 is 11.6 Å². The van der Waals surface area contributed by atoms with Crippen LogP contribution in [0.5, 0.6) is 0 Å². The van der Waals surface area contributed by atoms with Gasteiger partial charge in [-0.15, -0.1) is 6.58 Å². The Morgan fingerprint density at radius 3 is 2.77 bits per heavy atom. The summed E-state index contributed by atoms with van der Waals surface area (Å²) in [6, 6.07) is 6.58. The molecule has 1 unspecified atom stereocenters. The number of hydrogen-bond donors (Lipinski definition) is 1. The van der Waals surface area contributed by atoms with Crippen molar-refractivity contribution in [2.24, 2.45) is 5.10 Å². The monoisotopic (exact) mass is 324 g/mol. The zero-order valence-electron chi connectivity index (χ0n) is 12.3. The Morgan fingerprint density at radius 2 is 2.14 bits per heavy atom. The molecule has 1 aromatic carbocycles. The minimum absolute atomic E-state index is 0.275. The second-order valence-electron chi connectivity index (χ2n) is 4.29. The molecule has 7 heteroatoms. The van der Waals surface area contributed by atoms with E-state index in [1.165, 1.54) is 7.11 Å². The van der Waals surface area contributed by atoms with Gasteiger partial charge in [-0.3, -0.25) is 5.43 Å². The molecule has 0 aromatic heterocycles. The maximum absolute atomic E-state index is 12.1. The Morgan fingerprint density at radius 1 is 1.45 bits per heavy atom. The third-order valence-electron chi connectivity index (χ3n) is 2.58. The number of hydrogen-bond acceptors (Lipinski definition) is 6. The average molecular weight is 325 g/mol. The summed E-state index contributed by atoms with van der Waals surface area (Å²) in [6.07, 6.45) is 1.93. The molecule has 1 N–H and O–H groups in total. The van der Waals surface area contributed by atoms with Gasteiger partial charge in [0.25, 0.3) is 0 Å². The number of benzene rings is 1. The summed E-state index contributed by atoms with van der Waals surface area (Å²) in [5, 5.41) is 3.27. The molecule has 0 spiro atoms. The zero-order chi connectivity index (χ0) is 16.5. The molecule has 1 atom stereocenters. The number of methoxy groups -OCH3 is 1. The molecule has 0 radical (unpaired) electrons. The predicted molar refractivity (Wildman–Crippen MR) is 85.1 cm³/mol. The van der Waals surface area contributed by atoms with Crippen molar-refractivity contribution in [1.29, 1.82) is 0 Å². The Balaban J connectivity index is 2.88. The number of rotatable bonds is 7. The largest absolute Gasteiger partial charge is 0.464 e. The molecule has 0 amide bonds. The number of nitrogens with zero attached hydrogens (tertiary/aromatic N) is 1. The van der Waals surface area contributed by atoms with Gasteiger partial charge >= 0.3 is 11.9 Å². The lowest BCUT2D eigenvalue weighted by atomic mass is 10.2. The predicted octanol–water partition coefficient (Wildman–Crippen LogP) is 2.95. The highest BCUT2D eigenvalue weighted by molar-refractivity contribution is 6.82. The summed E-state index contributed by atoms with van der Waals surface area (Å²) in [4.78, 5) is 23.3. The molecule has 0 fully saturated rings. The molecule has 0 aliphatic heterocycles. The molecule has 6 nitrogen and oxygen atoms in total. The van der Waals surface area contributed by atoms with Crippen LogP contribution in [0.15, 0.2) is 42.0 Å². The molecule has 118 valence electrons. The van der Waals surface area contributed by atoms with Gasteiger partial charge in [0.2, 0.25) is 5.17 Å². The number of halogens is 1. The summed E-state index contributed by atoms with van der Waals surface area (Å²) < 4.78 is 9.68. The highest BCUT2D eigenvalue weighted by Gasteiger charge is 2.15. The fourth-order valence-electron chi connectivity index (χ4n) is 1.53. The topological polar surface area (TPSA) is 77.0 Å². The first-order valence-electron chi connectivity index (χ1n) is 6.48. The van der Waals surface area contributed by atoms with Crippen molar-refractivity contribution in [3.05, 3.63) is 42.5 Å². The van der Waals surface area contributed by atoms with E-state index in [-0.39, 0.29) is 16.8 Å². The van der Waals surface area contributed by atoms with Gasteiger partial charge < -0.3 is 9.47 Å². The summed E-state index contributed by atoms with van der Waals surface area (Å²) in [5.41, 5.74) is 3.18. The Hall–Kier alpha value is -2.34. The Bertz CT molecular complexity index is 587. The summed E-state index contributed by atoms with van der Waals surface area (Å²) >= 11 is 5.62. The summed E-state index contributed by atoms with van der Waals surface area (Å²) in [6.45, 7) is 5.36. The first kappa shape index (κ1) is 17.7. The highest BCUT2D eigenvalue weighted by Crippen LogP contribution is 2.17. The number of ether oxygens (including phenoxy) is 2. The normalized spacial score (nSPS) is 12.2. The van der Waals surface area contributed by atoms with Gasteiger partial charge in [0.05, 0.1) is 18.4 Å². The molecule has 0 saturated carbocycles. The molecule has 0 aliphatic rings. The number of carbonyl (C=O) groups is 2. The molecule has 0 saturated heterocycles.